The molecular formula is C16H26N2O2. The summed E-state index contributed by atoms with van der Waals surface area (Å²) in [6.45, 7) is 5.88. The fourth-order valence-corrected chi connectivity index (χ4v) is 2.85. The number of nitrogens with zero attached hydrogens (tertiary/aromatic N) is 1. The van der Waals surface area contributed by atoms with Crippen molar-refractivity contribution in [2.24, 2.45) is 0 Å². The van der Waals surface area contributed by atoms with Crippen molar-refractivity contribution >= 4 is 5.91 Å². The van der Waals surface area contributed by atoms with Crippen molar-refractivity contribution in [1.29, 1.82) is 0 Å². The van der Waals surface area contributed by atoms with Crippen molar-refractivity contribution in [3.8, 4) is 0 Å². The Labute approximate surface area is 121 Å². The lowest BCUT2D eigenvalue weighted by Crippen LogP contribution is -2.48. The summed E-state index contributed by atoms with van der Waals surface area (Å²) in [4.78, 5) is 14.4. The first-order valence-electron chi connectivity index (χ1n) is 7.74. The van der Waals surface area contributed by atoms with Crippen molar-refractivity contribution in [2.75, 3.05) is 13.1 Å². The Hall–Kier alpha value is -1.29. The molecule has 0 radical (unpaired) electrons. The summed E-state index contributed by atoms with van der Waals surface area (Å²) < 4.78 is 5.34. The summed E-state index contributed by atoms with van der Waals surface area (Å²) in [5.41, 5.74) is 0. The molecule has 1 saturated heterocycles. The van der Waals surface area contributed by atoms with Crippen LogP contribution in [0.1, 0.15) is 45.3 Å². The molecule has 4 heteroatoms. The molecule has 2 heterocycles. The normalized spacial score (nSPS) is 19.4. The maximum atomic E-state index is 12.4. The molecule has 1 fully saturated rings. The van der Waals surface area contributed by atoms with Crippen molar-refractivity contribution in [2.45, 2.75) is 58.0 Å². The number of furan rings is 1. The van der Waals surface area contributed by atoms with Crippen LogP contribution in [0, 0.1) is 0 Å². The van der Waals surface area contributed by atoms with E-state index in [1.165, 1.54) is 12.8 Å². The van der Waals surface area contributed by atoms with E-state index in [4.69, 9.17) is 4.42 Å². The van der Waals surface area contributed by atoms with Crippen molar-refractivity contribution in [3.63, 3.8) is 0 Å². The smallest absolute Gasteiger partial charge is 0.239 e. The van der Waals surface area contributed by atoms with Crippen LogP contribution in [-0.2, 0) is 11.2 Å². The summed E-state index contributed by atoms with van der Waals surface area (Å²) >= 11 is 0. The van der Waals surface area contributed by atoms with Crippen LogP contribution in [0.2, 0.25) is 0 Å². The van der Waals surface area contributed by atoms with Crippen LogP contribution in [0.15, 0.2) is 22.8 Å². The van der Waals surface area contributed by atoms with E-state index in [1.54, 1.807) is 6.26 Å². The highest BCUT2D eigenvalue weighted by atomic mass is 16.3. The van der Waals surface area contributed by atoms with Gasteiger partial charge >= 0.3 is 0 Å². The molecule has 2 rings (SSSR count). The van der Waals surface area contributed by atoms with Gasteiger partial charge < -0.3 is 14.6 Å². The van der Waals surface area contributed by atoms with Gasteiger partial charge in [0.05, 0.1) is 12.3 Å². The van der Waals surface area contributed by atoms with E-state index in [1.807, 2.05) is 24.0 Å². The molecule has 20 heavy (non-hydrogen) atoms. The monoisotopic (exact) mass is 278 g/mol. The zero-order chi connectivity index (χ0) is 14.4. The van der Waals surface area contributed by atoms with E-state index < -0.39 is 0 Å². The van der Waals surface area contributed by atoms with Crippen LogP contribution >= 0.6 is 0 Å². The third kappa shape index (κ3) is 4.37. The molecule has 4 nitrogen and oxygen atoms in total. The Morgan fingerprint density at radius 1 is 1.30 bits per heavy atom. The van der Waals surface area contributed by atoms with E-state index in [0.29, 0.717) is 0 Å². The van der Waals surface area contributed by atoms with Gasteiger partial charge in [0, 0.05) is 25.6 Å². The Morgan fingerprint density at radius 3 is 2.60 bits per heavy atom. The minimum atomic E-state index is -0.127. The highest BCUT2D eigenvalue weighted by Gasteiger charge is 2.22. The predicted molar refractivity (Wildman–Crippen MR) is 79.5 cm³/mol. The van der Waals surface area contributed by atoms with Gasteiger partial charge in [-0.3, -0.25) is 4.79 Å². The summed E-state index contributed by atoms with van der Waals surface area (Å²) in [6.07, 6.45) is 7.28. The lowest BCUT2D eigenvalue weighted by Gasteiger charge is -2.26. The van der Waals surface area contributed by atoms with E-state index in [2.05, 4.69) is 12.2 Å². The van der Waals surface area contributed by atoms with Gasteiger partial charge in [0.1, 0.15) is 5.76 Å². The summed E-state index contributed by atoms with van der Waals surface area (Å²) in [5.74, 6) is 1.19. The number of carbonyl (C=O) groups excluding carboxylic acids is 1. The number of carbonyl (C=O) groups is 1. The zero-order valence-corrected chi connectivity index (χ0v) is 12.6. The second-order valence-corrected chi connectivity index (χ2v) is 5.81. The van der Waals surface area contributed by atoms with Crippen molar-refractivity contribution < 1.29 is 9.21 Å². The number of amides is 1. The largest absolute Gasteiger partial charge is 0.469 e. The molecule has 1 aliphatic rings. The fourth-order valence-electron chi connectivity index (χ4n) is 2.85. The molecular weight excluding hydrogens is 252 g/mol. The highest BCUT2D eigenvalue weighted by molar-refractivity contribution is 5.81. The van der Waals surface area contributed by atoms with Crippen molar-refractivity contribution in [3.05, 3.63) is 24.2 Å². The third-order valence-corrected chi connectivity index (χ3v) is 3.91. The maximum absolute atomic E-state index is 12.4. The minimum absolute atomic E-state index is 0.127. The predicted octanol–water partition coefficient (Wildman–Crippen LogP) is 2.59. The summed E-state index contributed by atoms with van der Waals surface area (Å²) in [7, 11) is 0. The van der Waals surface area contributed by atoms with Crippen LogP contribution in [0.4, 0.5) is 0 Å². The number of hydrogen-bond acceptors (Lipinski definition) is 3. The molecule has 112 valence electrons. The SMILES string of the molecule is CC(Cc1ccco1)NC(C)C(=O)N1CCCCCC1. The van der Waals surface area contributed by atoms with Crippen LogP contribution in [0.25, 0.3) is 0 Å². The van der Waals surface area contributed by atoms with E-state index in [9.17, 15) is 4.79 Å². The Kier molecular flexibility index (Phi) is 5.65. The average Bonchev–Trinajstić information content (AvgIpc) is 2.77. The van der Waals surface area contributed by atoms with E-state index in [-0.39, 0.29) is 18.0 Å². The molecule has 1 aromatic heterocycles. The lowest BCUT2D eigenvalue weighted by atomic mass is 10.1. The molecule has 1 N–H and O–H groups in total. The maximum Gasteiger partial charge on any atom is 0.239 e. The highest BCUT2D eigenvalue weighted by Crippen LogP contribution is 2.11. The van der Waals surface area contributed by atoms with Gasteiger partial charge in [-0.1, -0.05) is 12.8 Å². The summed E-state index contributed by atoms with van der Waals surface area (Å²) in [6, 6.07) is 3.97. The first-order valence-corrected chi connectivity index (χ1v) is 7.74. The number of nitrogens with one attached hydrogen (secondary N) is 1. The Balaban J connectivity index is 1.80. The molecule has 0 bridgehead atoms. The third-order valence-electron chi connectivity index (χ3n) is 3.91. The van der Waals surface area contributed by atoms with Gasteiger partial charge in [-0.15, -0.1) is 0 Å². The molecule has 1 aliphatic heterocycles. The van der Waals surface area contributed by atoms with Gasteiger partial charge in [-0.25, -0.2) is 0 Å². The lowest BCUT2D eigenvalue weighted by molar-refractivity contribution is -0.133. The Bertz CT molecular complexity index is 395. The minimum Gasteiger partial charge on any atom is -0.469 e. The standard InChI is InChI=1S/C16H26N2O2/c1-13(12-15-8-7-11-20-15)17-14(2)16(19)18-9-5-3-4-6-10-18/h7-8,11,13-14,17H,3-6,9-10,12H2,1-2H3. The van der Waals surface area contributed by atoms with Crippen LogP contribution in [0.3, 0.4) is 0 Å². The zero-order valence-electron chi connectivity index (χ0n) is 12.6. The fraction of sp³-hybridized carbons (Fsp3) is 0.688. The first kappa shape index (κ1) is 15.1. The van der Waals surface area contributed by atoms with Gasteiger partial charge in [-0.05, 0) is 38.8 Å². The first-order chi connectivity index (χ1) is 9.66. The van der Waals surface area contributed by atoms with Crippen LogP contribution < -0.4 is 5.32 Å². The van der Waals surface area contributed by atoms with Crippen LogP contribution in [-0.4, -0.2) is 36.0 Å². The molecule has 0 aromatic carbocycles. The second-order valence-electron chi connectivity index (χ2n) is 5.81. The molecule has 2 atom stereocenters. The van der Waals surface area contributed by atoms with Gasteiger partial charge in [-0.2, -0.15) is 0 Å². The number of hydrogen-bond donors (Lipinski definition) is 1. The van der Waals surface area contributed by atoms with Gasteiger partial charge in [0.15, 0.2) is 0 Å². The molecule has 1 amide bonds. The van der Waals surface area contributed by atoms with E-state index in [0.717, 1.165) is 38.1 Å². The van der Waals surface area contributed by atoms with E-state index >= 15 is 0 Å². The molecule has 2 unspecified atom stereocenters. The molecule has 0 spiro atoms. The van der Waals surface area contributed by atoms with Crippen molar-refractivity contribution in [1.82, 2.24) is 10.2 Å². The number of likely N-dealkylation sites (tertiary alicyclic amines) is 1. The molecule has 1 aromatic rings. The molecule has 0 saturated carbocycles. The topological polar surface area (TPSA) is 45.5 Å². The second kappa shape index (κ2) is 7.48. The number of rotatable bonds is 5. The van der Waals surface area contributed by atoms with Gasteiger partial charge in [0.25, 0.3) is 0 Å². The molecule has 0 aliphatic carbocycles. The average molecular weight is 278 g/mol. The van der Waals surface area contributed by atoms with Crippen LogP contribution in [0.5, 0.6) is 0 Å². The van der Waals surface area contributed by atoms with Gasteiger partial charge in [0.2, 0.25) is 5.91 Å². The summed E-state index contributed by atoms with van der Waals surface area (Å²) in [5, 5.41) is 3.38. The quantitative estimate of drug-likeness (QED) is 0.900. The Morgan fingerprint density at radius 2 is 2.00 bits per heavy atom.